The van der Waals surface area contributed by atoms with E-state index in [9.17, 15) is 4.79 Å². The van der Waals surface area contributed by atoms with E-state index in [1.807, 2.05) is 49.4 Å². The fraction of sp³-hybridized carbons (Fsp3) is 0.353. The average molecular weight is 307 g/mol. The first-order chi connectivity index (χ1) is 9.46. The summed E-state index contributed by atoms with van der Waals surface area (Å²) in [6.07, 6.45) is 0. The number of carbonyl (C=O) groups is 1. The Balaban J connectivity index is 0.00000220. The van der Waals surface area contributed by atoms with Gasteiger partial charge >= 0.3 is 0 Å². The third kappa shape index (κ3) is 3.74. The van der Waals surface area contributed by atoms with Crippen molar-refractivity contribution in [3.05, 3.63) is 48.0 Å². The number of benzene rings is 2. The van der Waals surface area contributed by atoms with Crippen LogP contribution in [0.15, 0.2) is 42.5 Å². The van der Waals surface area contributed by atoms with Gasteiger partial charge in [0.2, 0.25) is 0 Å². The lowest BCUT2D eigenvalue weighted by atomic mass is 9.88. The molecule has 2 aromatic rings. The van der Waals surface area contributed by atoms with E-state index in [0.29, 0.717) is 12.1 Å². The highest BCUT2D eigenvalue weighted by molar-refractivity contribution is 5.98. The molecule has 0 bridgehead atoms. The molecule has 2 rings (SSSR count). The van der Waals surface area contributed by atoms with Gasteiger partial charge in [0.25, 0.3) is 5.91 Å². The standard InChI is InChI=1S/C17H22N2O.ClH/c1-12(2)17(3,11-18)19-16(20)15-9-8-13-6-4-5-7-14(13)10-15;/h4-10,12H,11,18H2,1-3H3,(H,19,20);1H. The molecule has 0 saturated carbocycles. The molecule has 2 aromatic carbocycles. The first-order valence-electron chi connectivity index (χ1n) is 6.97. The number of halogens is 1. The van der Waals surface area contributed by atoms with Gasteiger partial charge in [0.15, 0.2) is 0 Å². The number of hydrogen-bond donors (Lipinski definition) is 2. The summed E-state index contributed by atoms with van der Waals surface area (Å²) in [6.45, 7) is 6.53. The van der Waals surface area contributed by atoms with E-state index < -0.39 is 0 Å². The third-order valence-electron chi connectivity index (χ3n) is 4.11. The molecule has 4 heteroatoms. The van der Waals surface area contributed by atoms with Crippen LogP contribution < -0.4 is 11.1 Å². The van der Waals surface area contributed by atoms with Crippen LogP contribution in [0.25, 0.3) is 10.8 Å². The zero-order valence-electron chi connectivity index (χ0n) is 12.7. The van der Waals surface area contributed by atoms with Gasteiger partial charge in [0, 0.05) is 12.1 Å². The van der Waals surface area contributed by atoms with Crippen LogP contribution in [0.3, 0.4) is 0 Å². The number of carbonyl (C=O) groups excluding carboxylic acids is 1. The molecule has 1 atom stereocenters. The van der Waals surface area contributed by atoms with Gasteiger partial charge in [0.05, 0.1) is 5.54 Å². The van der Waals surface area contributed by atoms with Crippen molar-refractivity contribution in [1.29, 1.82) is 0 Å². The lowest BCUT2D eigenvalue weighted by Crippen LogP contribution is -2.55. The Hall–Kier alpha value is -1.58. The number of fused-ring (bicyclic) bond motifs is 1. The number of rotatable bonds is 4. The molecule has 3 N–H and O–H groups in total. The van der Waals surface area contributed by atoms with E-state index >= 15 is 0 Å². The molecule has 114 valence electrons. The van der Waals surface area contributed by atoms with Gasteiger partial charge < -0.3 is 11.1 Å². The predicted molar refractivity (Wildman–Crippen MR) is 91.0 cm³/mol. The molecule has 1 amide bonds. The van der Waals surface area contributed by atoms with Gasteiger partial charge in [-0.3, -0.25) is 4.79 Å². The first kappa shape index (κ1) is 17.5. The summed E-state index contributed by atoms with van der Waals surface area (Å²) in [5, 5.41) is 5.26. The average Bonchev–Trinajstić information content (AvgIpc) is 2.46. The van der Waals surface area contributed by atoms with Crippen LogP contribution in [0.5, 0.6) is 0 Å². The van der Waals surface area contributed by atoms with Crippen LogP contribution in [0.2, 0.25) is 0 Å². The van der Waals surface area contributed by atoms with Crippen molar-refractivity contribution in [3.8, 4) is 0 Å². The largest absolute Gasteiger partial charge is 0.345 e. The van der Waals surface area contributed by atoms with E-state index in [1.165, 1.54) is 0 Å². The van der Waals surface area contributed by atoms with Crippen LogP contribution in [-0.2, 0) is 0 Å². The molecule has 0 spiro atoms. The van der Waals surface area contributed by atoms with E-state index in [-0.39, 0.29) is 29.8 Å². The van der Waals surface area contributed by atoms with Gasteiger partial charge in [0.1, 0.15) is 0 Å². The van der Waals surface area contributed by atoms with Crippen molar-refractivity contribution in [2.75, 3.05) is 6.54 Å². The number of amides is 1. The third-order valence-corrected chi connectivity index (χ3v) is 4.11. The molecule has 0 aliphatic carbocycles. The lowest BCUT2D eigenvalue weighted by Gasteiger charge is -2.33. The summed E-state index contributed by atoms with van der Waals surface area (Å²) in [4.78, 5) is 12.4. The molecular formula is C17H23ClN2O. The quantitative estimate of drug-likeness (QED) is 0.910. The summed E-state index contributed by atoms with van der Waals surface area (Å²) in [7, 11) is 0. The van der Waals surface area contributed by atoms with Crippen molar-refractivity contribution in [1.82, 2.24) is 5.32 Å². The summed E-state index contributed by atoms with van der Waals surface area (Å²) in [5.74, 6) is 0.203. The Morgan fingerprint density at radius 2 is 1.81 bits per heavy atom. The van der Waals surface area contributed by atoms with Crippen LogP contribution >= 0.6 is 12.4 Å². The molecular weight excluding hydrogens is 284 g/mol. The Labute approximate surface area is 132 Å². The van der Waals surface area contributed by atoms with Crippen LogP contribution in [0.4, 0.5) is 0 Å². The van der Waals surface area contributed by atoms with Crippen LogP contribution in [-0.4, -0.2) is 18.0 Å². The summed E-state index contributed by atoms with van der Waals surface area (Å²) in [5.41, 5.74) is 6.09. The minimum absolute atomic E-state index is 0. The smallest absolute Gasteiger partial charge is 0.251 e. The van der Waals surface area contributed by atoms with Gasteiger partial charge in [-0.15, -0.1) is 12.4 Å². The van der Waals surface area contributed by atoms with Crippen LogP contribution in [0, 0.1) is 5.92 Å². The van der Waals surface area contributed by atoms with Crippen molar-refractivity contribution in [2.24, 2.45) is 11.7 Å². The lowest BCUT2D eigenvalue weighted by molar-refractivity contribution is 0.0883. The fourth-order valence-corrected chi connectivity index (χ4v) is 2.09. The molecule has 0 aliphatic rings. The molecule has 0 radical (unpaired) electrons. The molecule has 0 aromatic heterocycles. The van der Waals surface area contributed by atoms with Crippen molar-refractivity contribution < 1.29 is 4.79 Å². The van der Waals surface area contributed by atoms with Gasteiger partial charge in [-0.2, -0.15) is 0 Å². The minimum atomic E-state index is -0.386. The number of nitrogens with two attached hydrogens (primary N) is 1. The predicted octanol–water partition coefficient (Wildman–Crippen LogP) is 3.36. The minimum Gasteiger partial charge on any atom is -0.345 e. The number of nitrogens with one attached hydrogen (secondary N) is 1. The Morgan fingerprint density at radius 3 is 2.38 bits per heavy atom. The second-order valence-electron chi connectivity index (χ2n) is 5.79. The summed E-state index contributed by atoms with van der Waals surface area (Å²) < 4.78 is 0. The second kappa shape index (κ2) is 6.92. The molecule has 1 unspecified atom stereocenters. The maximum atomic E-state index is 12.4. The Bertz CT molecular complexity index is 627. The highest BCUT2D eigenvalue weighted by atomic mass is 35.5. The molecule has 3 nitrogen and oxygen atoms in total. The summed E-state index contributed by atoms with van der Waals surface area (Å²) in [6, 6.07) is 13.8. The zero-order valence-corrected chi connectivity index (χ0v) is 13.5. The zero-order chi connectivity index (χ0) is 14.8. The number of hydrogen-bond acceptors (Lipinski definition) is 2. The second-order valence-corrected chi connectivity index (χ2v) is 5.79. The van der Waals surface area contributed by atoms with E-state index in [0.717, 1.165) is 10.8 Å². The monoisotopic (exact) mass is 306 g/mol. The van der Waals surface area contributed by atoms with Crippen molar-refractivity contribution in [3.63, 3.8) is 0 Å². The molecule has 0 heterocycles. The SMILES string of the molecule is CC(C)C(C)(CN)NC(=O)c1ccc2ccccc2c1.Cl. The van der Waals surface area contributed by atoms with Gasteiger partial charge in [-0.25, -0.2) is 0 Å². The maximum absolute atomic E-state index is 12.4. The molecule has 0 saturated heterocycles. The van der Waals surface area contributed by atoms with E-state index in [4.69, 9.17) is 5.73 Å². The molecule has 21 heavy (non-hydrogen) atoms. The Morgan fingerprint density at radius 1 is 1.19 bits per heavy atom. The van der Waals surface area contributed by atoms with Gasteiger partial charge in [-0.05, 0) is 35.7 Å². The van der Waals surface area contributed by atoms with Crippen LogP contribution in [0.1, 0.15) is 31.1 Å². The highest BCUT2D eigenvalue weighted by Crippen LogP contribution is 2.18. The normalized spacial score (nSPS) is 13.6. The first-order valence-corrected chi connectivity index (χ1v) is 6.97. The van der Waals surface area contributed by atoms with E-state index in [1.54, 1.807) is 0 Å². The Kier molecular flexibility index (Phi) is 5.76. The molecule has 0 aliphatic heterocycles. The van der Waals surface area contributed by atoms with Crippen molar-refractivity contribution in [2.45, 2.75) is 26.3 Å². The van der Waals surface area contributed by atoms with Gasteiger partial charge in [-0.1, -0.05) is 44.2 Å². The molecule has 0 fully saturated rings. The summed E-state index contributed by atoms with van der Waals surface area (Å²) >= 11 is 0. The topological polar surface area (TPSA) is 55.1 Å². The maximum Gasteiger partial charge on any atom is 0.251 e. The highest BCUT2D eigenvalue weighted by Gasteiger charge is 2.28. The van der Waals surface area contributed by atoms with E-state index in [2.05, 4.69) is 19.2 Å². The van der Waals surface area contributed by atoms with Crippen molar-refractivity contribution >= 4 is 29.1 Å². The fourth-order valence-electron chi connectivity index (χ4n) is 2.09.